The number of carbonyl (C=O) groups is 2. The number of hydrogen-bond acceptors (Lipinski definition) is 2. The molecule has 0 saturated carbocycles. The Kier molecular flexibility index (Phi) is 9.84. The molecule has 0 unspecified atom stereocenters. The molecule has 0 aliphatic rings. The van der Waals surface area contributed by atoms with Crippen molar-refractivity contribution in [3.63, 3.8) is 0 Å². The third-order valence-corrected chi connectivity index (χ3v) is 4.84. The number of rotatable bonds is 13. The van der Waals surface area contributed by atoms with Crippen molar-refractivity contribution in [1.29, 1.82) is 0 Å². The van der Waals surface area contributed by atoms with Crippen LogP contribution < -0.4 is 10.6 Å². The van der Waals surface area contributed by atoms with Gasteiger partial charge < -0.3 is 5.73 Å². The van der Waals surface area contributed by atoms with Crippen LogP contribution in [0.15, 0.2) is 60.7 Å². The number of amides is 2. The summed E-state index contributed by atoms with van der Waals surface area (Å²) in [4.78, 5) is 25.4. The van der Waals surface area contributed by atoms with E-state index in [0.717, 1.165) is 49.9 Å². The van der Waals surface area contributed by atoms with Crippen LogP contribution >= 0.6 is 0 Å². The molecular formula is C24H32N2O2. The van der Waals surface area contributed by atoms with E-state index < -0.39 is 0 Å². The van der Waals surface area contributed by atoms with Crippen molar-refractivity contribution in [2.45, 2.75) is 64.2 Å². The minimum absolute atomic E-state index is 0.142. The number of anilines is 2. The lowest BCUT2D eigenvalue weighted by Crippen LogP contribution is -2.25. The number of nitrogens with zero attached hydrogens (tertiary/aromatic N) is 1. The molecule has 2 N–H and O–H groups in total. The Morgan fingerprint density at radius 2 is 1.00 bits per heavy atom. The zero-order valence-electron chi connectivity index (χ0n) is 16.7. The van der Waals surface area contributed by atoms with E-state index in [1.807, 2.05) is 65.6 Å². The molecule has 4 heteroatoms. The summed E-state index contributed by atoms with van der Waals surface area (Å²) in [7, 11) is 0. The van der Waals surface area contributed by atoms with Gasteiger partial charge in [0.15, 0.2) is 0 Å². The maximum Gasteiger partial charge on any atom is 0.231 e. The third-order valence-electron chi connectivity index (χ3n) is 4.84. The van der Waals surface area contributed by atoms with Crippen LogP contribution in [0.1, 0.15) is 64.2 Å². The summed E-state index contributed by atoms with van der Waals surface area (Å²) >= 11 is 0. The van der Waals surface area contributed by atoms with E-state index in [9.17, 15) is 9.59 Å². The fourth-order valence-electron chi connectivity index (χ4n) is 3.34. The Labute approximate surface area is 168 Å². The van der Waals surface area contributed by atoms with Crippen LogP contribution in [0.5, 0.6) is 0 Å². The highest BCUT2D eigenvalue weighted by Gasteiger charge is 2.16. The number of benzene rings is 2. The highest BCUT2D eigenvalue weighted by molar-refractivity contribution is 6.00. The number of para-hydroxylation sites is 2. The molecular weight excluding hydrogens is 348 g/mol. The van der Waals surface area contributed by atoms with Gasteiger partial charge in [0.25, 0.3) is 0 Å². The smallest absolute Gasteiger partial charge is 0.231 e. The van der Waals surface area contributed by atoms with Crippen molar-refractivity contribution in [1.82, 2.24) is 0 Å². The summed E-state index contributed by atoms with van der Waals surface area (Å²) in [6.45, 7) is 0. The van der Waals surface area contributed by atoms with Gasteiger partial charge in [0.1, 0.15) is 0 Å². The summed E-state index contributed by atoms with van der Waals surface area (Å²) in [6.07, 6.45) is 9.70. The first kappa shape index (κ1) is 21.7. The molecule has 0 atom stereocenters. The molecule has 150 valence electrons. The van der Waals surface area contributed by atoms with Crippen LogP contribution in [0.4, 0.5) is 11.4 Å². The lowest BCUT2D eigenvalue weighted by atomic mass is 10.1. The zero-order chi connectivity index (χ0) is 20.0. The summed E-state index contributed by atoms with van der Waals surface area (Å²) in [5.74, 6) is -0.0615. The van der Waals surface area contributed by atoms with Crippen LogP contribution in [0.3, 0.4) is 0 Å². The van der Waals surface area contributed by atoms with E-state index in [1.54, 1.807) is 0 Å². The van der Waals surface area contributed by atoms with Gasteiger partial charge in [-0.2, -0.15) is 0 Å². The standard InChI is InChI=1S/C24H32N2O2/c25-23(27)19-13-5-3-1-2-4-6-14-20-24(28)26(21-15-9-7-10-16-21)22-17-11-8-12-18-22/h7-12,15-18H,1-6,13-14,19-20H2,(H2,25,27). The van der Waals surface area contributed by atoms with Gasteiger partial charge in [-0.05, 0) is 37.1 Å². The minimum Gasteiger partial charge on any atom is -0.370 e. The zero-order valence-corrected chi connectivity index (χ0v) is 16.7. The van der Waals surface area contributed by atoms with E-state index in [0.29, 0.717) is 12.8 Å². The Morgan fingerprint density at radius 3 is 1.43 bits per heavy atom. The molecule has 0 fully saturated rings. The van der Waals surface area contributed by atoms with Crippen LogP contribution in [-0.4, -0.2) is 11.8 Å². The van der Waals surface area contributed by atoms with Crippen LogP contribution in [0.2, 0.25) is 0 Å². The number of primary amides is 1. The van der Waals surface area contributed by atoms with Gasteiger partial charge in [0.2, 0.25) is 11.8 Å². The first-order chi connectivity index (χ1) is 13.7. The van der Waals surface area contributed by atoms with Crippen molar-refractivity contribution in [3.8, 4) is 0 Å². The Morgan fingerprint density at radius 1 is 0.607 bits per heavy atom. The molecule has 0 bridgehead atoms. The molecule has 0 aliphatic heterocycles. The molecule has 4 nitrogen and oxygen atoms in total. The van der Waals surface area contributed by atoms with E-state index in [-0.39, 0.29) is 11.8 Å². The van der Waals surface area contributed by atoms with Gasteiger partial charge in [-0.3, -0.25) is 14.5 Å². The molecule has 0 aromatic heterocycles. The molecule has 2 aromatic carbocycles. The van der Waals surface area contributed by atoms with Gasteiger partial charge in [0.05, 0.1) is 0 Å². The molecule has 2 aromatic rings. The Hall–Kier alpha value is -2.62. The topological polar surface area (TPSA) is 63.4 Å². The molecule has 0 heterocycles. The fourth-order valence-corrected chi connectivity index (χ4v) is 3.34. The lowest BCUT2D eigenvalue weighted by Gasteiger charge is -2.23. The summed E-state index contributed by atoms with van der Waals surface area (Å²) in [5, 5.41) is 0. The van der Waals surface area contributed by atoms with Crippen molar-refractivity contribution in [2.75, 3.05) is 4.90 Å². The molecule has 2 rings (SSSR count). The summed E-state index contributed by atoms with van der Waals surface area (Å²) in [6, 6.07) is 19.7. The van der Waals surface area contributed by atoms with Gasteiger partial charge in [-0.25, -0.2) is 0 Å². The van der Waals surface area contributed by atoms with Gasteiger partial charge in [0, 0.05) is 24.2 Å². The maximum absolute atomic E-state index is 12.9. The van der Waals surface area contributed by atoms with Crippen molar-refractivity contribution < 1.29 is 9.59 Å². The quantitative estimate of drug-likeness (QED) is 0.451. The normalized spacial score (nSPS) is 10.6. The molecule has 0 saturated heterocycles. The molecule has 0 spiro atoms. The highest BCUT2D eigenvalue weighted by Crippen LogP contribution is 2.26. The monoisotopic (exact) mass is 380 g/mol. The SMILES string of the molecule is NC(=O)CCCCCCCCCCC(=O)N(c1ccccc1)c1ccccc1. The van der Waals surface area contributed by atoms with Crippen molar-refractivity contribution in [2.24, 2.45) is 5.73 Å². The van der Waals surface area contributed by atoms with E-state index in [2.05, 4.69) is 0 Å². The Balaban J connectivity index is 1.71. The first-order valence-corrected chi connectivity index (χ1v) is 10.4. The first-order valence-electron chi connectivity index (χ1n) is 10.4. The minimum atomic E-state index is -0.204. The summed E-state index contributed by atoms with van der Waals surface area (Å²) < 4.78 is 0. The number of hydrogen-bond donors (Lipinski definition) is 1. The average molecular weight is 381 g/mol. The average Bonchev–Trinajstić information content (AvgIpc) is 2.71. The second-order valence-corrected chi connectivity index (χ2v) is 7.19. The molecule has 0 radical (unpaired) electrons. The number of carbonyl (C=O) groups excluding carboxylic acids is 2. The lowest BCUT2D eigenvalue weighted by molar-refractivity contribution is -0.118. The Bertz CT molecular complexity index is 662. The van der Waals surface area contributed by atoms with Gasteiger partial charge in [-0.15, -0.1) is 0 Å². The largest absolute Gasteiger partial charge is 0.370 e. The predicted octanol–water partition coefficient (Wildman–Crippen LogP) is 5.74. The van der Waals surface area contributed by atoms with E-state index in [1.165, 1.54) is 12.8 Å². The van der Waals surface area contributed by atoms with Gasteiger partial charge >= 0.3 is 0 Å². The third kappa shape index (κ3) is 7.95. The van der Waals surface area contributed by atoms with Crippen LogP contribution in [0, 0.1) is 0 Å². The van der Waals surface area contributed by atoms with Crippen LogP contribution in [-0.2, 0) is 9.59 Å². The van der Waals surface area contributed by atoms with E-state index in [4.69, 9.17) is 5.73 Å². The van der Waals surface area contributed by atoms with Crippen molar-refractivity contribution >= 4 is 23.2 Å². The highest BCUT2D eigenvalue weighted by atomic mass is 16.2. The molecule has 2 amide bonds. The summed E-state index contributed by atoms with van der Waals surface area (Å²) in [5.41, 5.74) is 6.96. The molecule has 28 heavy (non-hydrogen) atoms. The molecule has 0 aliphatic carbocycles. The van der Waals surface area contributed by atoms with Crippen molar-refractivity contribution in [3.05, 3.63) is 60.7 Å². The van der Waals surface area contributed by atoms with Crippen LogP contribution in [0.25, 0.3) is 0 Å². The second kappa shape index (κ2) is 12.7. The van der Waals surface area contributed by atoms with E-state index >= 15 is 0 Å². The second-order valence-electron chi connectivity index (χ2n) is 7.19. The fraction of sp³-hybridized carbons (Fsp3) is 0.417. The van der Waals surface area contributed by atoms with Gasteiger partial charge in [-0.1, -0.05) is 74.9 Å². The maximum atomic E-state index is 12.9. The predicted molar refractivity (Wildman–Crippen MR) is 115 cm³/mol. The number of nitrogens with two attached hydrogens (primary N) is 1. The number of unbranched alkanes of at least 4 members (excludes halogenated alkanes) is 7.